The van der Waals surface area contributed by atoms with Gasteiger partial charge in [0.1, 0.15) is 5.75 Å². The highest BCUT2D eigenvalue weighted by molar-refractivity contribution is 6.42. The zero-order chi connectivity index (χ0) is 29.4. The van der Waals surface area contributed by atoms with E-state index in [-0.39, 0.29) is 11.8 Å². The first-order chi connectivity index (χ1) is 19.8. The standard InChI is InChI=1S/C31H37Cl2N5O3/c1-4-36(5-2)15-14-34-31(40)24-21-23(35-30(39)22-10-12-25(32)26(33)20-22)11-13-27(24)37-16-18-38(19-17-37)28-8-6-7-9-29(28)41-3/h6-13,20-21H,4-5,14-19H2,1-3H3,(H,34,40)(H,35,39). The number of carbonyl (C=O) groups is 2. The predicted octanol–water partition coefficient (Wildman–Crippen LogP) is 5.65. The van der Waals surface area contributed by atoms with Gasteiger partial charge in [-0.05, 0) is 61.6 Å². The van der Waals surface area contributed by atoms with Crippen LogP contribution in [0.25, 0.3) is 0 Å². The maximum absolute atomic E-state index is 13.5. The van der Waals surface area contributed by atoms with Crippen molar-refractivity contribution in [3.05, 3.63) is 81.8 Å². The van der Waals surface area contributed by atoms with Crippen molar-refractivity contribution in [2.24, 2.45) is 0 Å². The lowest BCUT2D eigenvalue weighted by molar-refractivity contribution is 0.0948. The number of hydrogen-bond acceptors (Lipinski definition) is 6. The Bertz CT molecular complexity index is 1360. The number of para-hydroxylation sites is 2. The molecular formula is C31H37Cl2N5O3. The molecule has 2 amide bonds. The van der Waals surface area contributed by atoms with Crippen molar-refractivity contribution in [3.8, 4) is 5.75 Å². The number of likely N-dealkylation sites (N-methyl/N-ethyl adjacent to an activating group) is 1. The first-order valence-corrected chi connectivity index (χ1v) is 14.6. The number of methoxy groups -OCH3 is 1. The van der Waals surface area contributed by atoms with Gasteiger partial charge in [0.15, 0.2) is 0 Å². The minimum Gasteiger partial charge on any atom is -0.495 e. The van der Waals surface area contributed by atoms with Crippen LogP contribution in [0.1, 0.15) is 34.6 Å². The summed E-state index contributed by atoms with van der Waals surface area (Å²) < 4.78 is 5.56. The second-order valence-electron chi connectivity index (χ2n) is 9.74. The Hall–Kier alpha value is -3.46. The number of amides is 2. The van der Waals surface area contributed by atoms with E-state index in [2.05, 4.69) is 45.2 Å². The van der Waals surface area contributed by atoms with Crippen molar-refractivity contribution >= 4 is 52.1 Å². The Morgan fingerprint density at radius 1 is 0.854 bits per heavy atom. The number of hydrogen-bond donors (Lipinski definition) is 2. The average molecular weight is 599 g/mol. The fourth-order valence-electron chi connectivity index (χ4n) is 4.95. The van der Waals surface area contributed by atoms with E-state index in [1.54, 1.807) is 25.3 Å². The molecule has 1 heterocycles. The van der Waals surface area contributed by atoms with Crippen molar-refractivity contribution in [1.82, 2.24) is 10.2 Å². The Labute approximate surface area is 252 Å². The zero-order valence-corrected chi connectivity index (χ0v) is 25.3. The van der Waals surface area contributed by atoms with Crippen molar-refractivity contribution in [3.63, 3.8) is 0 Å². The Kier molecular flexibility index (Phi) is 10.7. The van der Waals surface area contributed by atoms with Crippen LogP contribution >= 0.6 is 23.2 Å². The van der Waals surface area contributed by atoms with Gasteiger partial charge in [-0.3, -0.25) is 9.59 Å². The maximum atomic E-state index is 13.5. The van der Waals surface area contributed by atoms with E-state index in [1.807, 2.05) is 30.3 Å². The summed E-state index contributed by atoms with van der Waals surface area (Å²) in [6.07, 6.45) is 0. The van der Waals surface area contributed by atoms with E-state index in [1.165, 1.54) is 6.07 Å². The van der Waals surface area contributed by atoms with Gasteiger partial charge in [0, 0.05) is 56.2 Å². The van der Waals surface area contributed by atoms with Gasteiger partial charge < -0.3 is 30.1 Å². The van der Waals surface area contributed by atoms with Crippen LogP contribution in [0.4, 0.5) is 17.1 Å². The van der Waals surface area contributed by atoms with Crippen LogP contribution in [-0.4, -0.2) is 76.2 Å². The highest BCUT2D eigenvalue weighted by atomic mass is 35.5. The minimum absolute atomic E-state index is 0.176. The van der Waals surface area contributed by atoms with Crippen molar-refractivity contribution in [1.29, 1.82) is 0 Å². The molecule has 0 spiro atoms. The molecule has 2 N–H and O–H groups in total. The molecule has 0 radical (unpaired) electrons. The molecule has 0 atom stereocenters. The number of rotatable bonds is 11. The van der Waals surface area contributed by atoms with E-state index < -0.39 is 0 Å². The summed E-state index contributed by atoms with van der Waals surface area (Å²) >= 11 is 12.1. The fraction of sp³-hybridized carbons (Fsp3) is 0.355. The van der Waals surface area contributed by atoms with Gasteiger partial charge >= 0.3 is 0 Å². The van der Waals surface area contributed by atoms with E-state index >= 15 is 0 Å². The van der Waals surface area contributed by atoms with E-state index in [0.717, 1.165) is 62.9 Å². The first kappa shape index (κ1) is 30.5. The van der Waals surface area contributed by atoms with Gasteiger partial charge in [0.2, 0.25) is 0 Å². The molecule has 1 fully saturated rings. The molecule has 10 heteroatoms. The maximum Gasteiger partial charge on any atom is 0.255 e. The predicted molar refractivity (Wildman–Crippen MR) is 168 cm³/mol. The minimum atomic E-state index is -0.338. The molecule has 0 unspecified atom stereocenters. The summed E-state index contributed by atoms with van der Waals surface area (Å²) in [5.41, 5.74) is 3.30. The third-order valence-electron chi connectivity index (χ3n) is 7.34. The normalized spacial score (nSPS) is 13.3. The number of nitrogens with one attached hydrogen (secondary N) is 2. The molecular weight excluding hydrogens is 561 g/mol. The quantitative estimate of drug-likeness (QED) is 0.297. The number of benzene rings is 3. The molecule has 218 valence electrons. The third-order valence-corrected chi connectivity index (χ3v) is 8.07. The molecule has 0 saturated carbocycles. The highest BCUT2D eigenvalue weighted by Gasteiger charge is 2.24. The van der Waals surface area contributed by atoms with Gasteiger partial charge in [0.05, 0.1) is 28.4 Å². The molecule has 1 aliphatic rings. The first-order valence-electron chi connectivity index (χ1n) is 13.9. The van der Waals surface area contributed by atoms with Crippen LogP contribution in [0.2, 0.25) is 10.0 Å². The van der Waals surface area contributed by atoms with E-state index in [9.17, 15) is 9.59 Å². The molecule has 1 saturated heterocycles. The lowest BCUT2D eigenvalue weighted by Gasteiger charge is -2.38. The number of carbonyl (C=O) groups excluding carboxylic acids is 2. The summed E-state index contributed by atoms with van der Waals surface area (Å²) in [5, 5.41) is 6.65. The van der Waals surface area contributed by atoms with Crippen molar-refractivity contribution < 1.29 is 14.3 Å². The van der Waals surface area contributed by atoms with Gasteiger partial charge in [0.25, 0.3) is 11.8 Å². The smallest absolute Gasteiger partial charge is 0.255 e. The lowest BCUT2D eigenvalue weighted by atomic mass is 10.1. The van der Waals surface area contributed by atoms with Crippen LogP contribution < -0.4 is 25.2 Å². The summed E-state index contributed by atoms with van der Waals surface area (Å²) in [5.74, 6) is 0.330. The average Bonchev–Trinajstić information content (AvgIpc) is 3.00. The van der Waals surface area contributed by atoms with Crippen LogP contribution in [0.3, 0.4) is 0 Å². The fourth-order valence-corrected chi connectivity index (χ4v) is 5.25. The monoisotopic (exact) mass is 597 g/mol. The second-order valence-corrected chi connectivity index (χ2v) is 10.6. The number of nitrogens with zero attached hydrogens (tertiary/aromatic N) is 3. The molecule has 0 aromatic heterocycles. The molecule has 0 bridgehead atoms. The van der Waals surface area contributed by atoms with Crippen LogP contribution in [0.15, 0.2) is 60.7 Å². The molecule has 4 rings (SSSR count). The van der Waals surface area contributed by atoms with Gasteiger partial charge in [-0.25, -0.2) is 0 Å². The summed E-state index contributed by atoms with van der Waals surface area (Å²) in [4.78, 5) is 33.2. The number of piperazine rings is 1. The molecule has 3 aromatic carbocycles. The zero-order valence-electron chi connectivity index (χ0n) is 23.8. The second kappa shape index (κ2) is 14.4. The van der Waals surface area contributed by atoms with Gasteiger partial charge in [-0.2, -0.15) is 0 Å². The van der Waals surface area contributed by atoms with E-state index in [4.69, 9.17) is 27.9 Å². The molecule has 3 aromatic rings. The van der Waals surface area contributed by atoms with Gasteiger partial charge in [-0.15, -0.1) is 0 Å². The third kappa shape index (κ3) is 7.64. The molecule has 0 aliphatic carbocycles. The number of ether oxygens (including phenoxy) is 1. The summed E-state index contributed by atoms with van der Waals surface area (Å²) in [6.45, 7) is 10.4. The van der Waals surface area contributed by atoms with Crippen molar-refractivity contribution in [2.45, 2.75) is 13.8 Å². The van der Waals surface area contributed by atoms with Crippen molar-refractivity contribution in [2.75, 3.05) is 74.6 Å². The Morgan fingerprint density at radius 3 is 2.20 bits per heavy atom. The molecule has 41 heavy (non-hydrogen) atoms. The van der Waals surface area contributed by atoms with Crippen LogP contribution in [0, 0.1) is 0 Å². The largest absolute Gasteiger partial charge is 0.495 e. The SMILES string of the molecule is CCN(CC)CCNC(=O)c1cc(NC(=O)c2ccc(Cl)c(Cl)c2)ccc1N1CCN(c2ccccc2OC)CC1. The molecule has 8 nitrogen and oxygen atoms in total. The number of anilines is 3. The summed E-state index contributed by atoms with van der Waals surface area (Å²) in [6, 6.07) is 18.2. The Morgan fingerprint density at radius 2 is 1.54 bits per heavy atom. The summed E-state index contributed by atoms with van der Waals surface area (Å²) in [7, 11) is 1.68. The number of halogens is 2. The van der Waals surface area contributed by atoms with Gasteiger partial charge in [-0.1, -0.05) is 49.2 Å². The Balaban J connectivity index is 1.54. The topological polar surface area (TPSA) is 77.2 Å². The molecule has 1 aliphatic heterocycles. The van der Waals surface area contributed by atoms with E-state index in [0.29, 0.717) is 33.4 Å². The van der Waals surface area contributed by atoms with Crippen LogP contribution in [-0.2, 0) is 0 Å². The highest BCUT2D eigenvalue weighted by Crippen LogP contribution is 2.31. The lowest BCUT2D eigenvalue weighted by Crippen LogP contribution is -2.47. The van der Waals surface area contributed by atoms with Crippen LogP contribution in [0.5, 0.6) is 5.75 Å².